The highest BCUT2D eigenvalue weighted by molar-refractivity contribution is 6.41. The number of halogens is 3. The van der Waals surface area contributed by atoms with Crippen LogP contribution in [0.2, 0.25) is 15.1 Å². The fourth-order valence-corrected chi connectivity index (χ4v) is 4.71. The molecule has 2 aromatic carbocycles. The second-order valence-corrected chi connectivity index (χ2v) is 8.84. The van der Waals surface area contributed by atoms with Crippen LogP contribution >= 0.6 is 34.8 Å². The first-order valence-electron chi connectivity index (χ1n) is 9.83. The fraction of sp³-hybridized carbons (Fsp3) is 0.364. The van der Waals surface area contributed by atoms with Gasteiger partial charge in [0, 0.05) is 29.1 Å². The molecule has 2 aliphatic heterocycles. The molecule has 1 fully saturated rings. The summed E-state index contributed by atoms with van der Waals surface area (Å²) in [5.41, 5.74) is 2.32. The number of likely N-dealkylation sites (tertiary alicyclic amines) is 1. The molecule has 29 heavy (non-hydrogen) atoms. The number of hydrogen-bond acceptors (Lipinski definition) is 3. The molecule has 0 spiro atoms. The van der Waals surface area contributed by atoms with E-state index in [2.05, 4.69) is 0 Å². The Labute approximate surface area is 186 Å². The Kier molecular flexibility index (Phi) is 6.05. The summed E-state index contributed by atoms with van der Waals surface area (Å²) in [6.45, 7) is 3.62. The number of hydrogen-bond donors (Lipinski definition) is 0. The summed E-state index contributed by atoms with van der Waals surface area (Å²) >= 11 is 18.7. The van der Waals surface area contributed by atoms with E-state index in [1.54, 1.807) is 12.1 Å². The molecule has 0 bridgehead atoms. The molecule has 2 heterocycles. The summed E-state index contributed by atoms with van der Waals surface area (Å²) in [5.74, 6) is -0.0823. The molecular formula is C22H22Cl3N3O. The zero-order valence-electron chi connectivity index (χ0n) is 16.1. The number of carbonyl (C=O) groups excluding carboxylic acids is 1. The van der Waals surface area contributed by atoms with Crippen molar-refractivity contribution in [2.45, 2.75) is 32.2 Å². The summed E-state index contributed by atoms with van der Waals surface area (Å²) in [4.78, 5) is 15.2. The van der Waals surface area contributed by atoms with E-state index in [-0.39, 0.29) is 17.9 Å². The van der Waals surface area contributed by atoms with Gasteiger partial charge >= 0.3 is 0 Å². The third kappa shape index (κ3) is 4.11. The van der Waals surface area contributed by atoms with Crippen LogP contribution in [0.4, 0.5) is 5.69 Å². The minimum Gasteiger partial charge on any atom is -0.338 e. The number of piperidine rings is 1. The number of carbonyl (C=O) groups is 1. The minimum absolute atomic E-state index is 0.0174. The maximum absolute atomic E-state index is 13.3. The molecule has 0 aliphatic carbocycles. The van der Waals surface area contributed by atoms with Gasteiger partial charge in [-0.25, -0.2) is 0 Å². The number of hydrazone groups is 1. The highest BCUT2D eigenvalue weighted by atomic mass is 35.5. The smallest absolute Gasteiger partial charge is 0.270 e. The number of amides is 1. The van der Waals surface area contributed by atoms with Crippen molar-refractivity contribution >= 4 is 52.1 Å². The zero-order chi connectivity index (χ0) is 20.5. The van der Waals surface area contributed by atoms with Crippen molar-refractivity contribution < 1.29 is 4.79 Å². The molecule has 1 amide bonds. The molecule has 0 radical (unpaired) electrons. The lowest BCUT2D eigenvalue weighted by atomic mass is 9.90. The normalized spacial score (nSPS) is 22.0. The molecule has 0 saturated carbocycles. The Balaban J connectivity index is 1.75. The Morgan fingerprint density at radius 2 is 1.62 bits per heavy atom. The van der Waals surface area contributed by atoms with Crippen molar-refractivity contribution in [1.29, 1.82) is 0 Å². The van der Waals surface area contributed by atoms with E-state index < -0.39 is 0 Å². The van der Waals surface area contributed by atoms with E-state index >= 15 is 0 Å². The highest BCUT2D eigenvalue weighted by Crippen LogP contribution is 2.42. The fourth-order valence-electron chi connectivity index (χ4n) is 4.09. The Morgan fingerprint density at radius 1 is 0.966 bits per heavy atom. The van der Waals surface area contributed by atoms with E-state index in [9.17, 15) is 4.79 Å². The number of rotatable bonds is 3. The van der Waals surface area contributed by atoms with E-state index in [4.69, 9.17) is 39.9 Å². The van der Waals surface area contributed by atoms with Gasteiger partial charge in [-0.2, -0.15) is 5.10 Å². The van der Waals surface area contributed by atoms with Gasteiger partial charge in [-0.3, -0.25) is 9.80 Å². The van der Waals surface area contributed by atoms with Crippen molar-refractivity contribution in [1.82, 2.24) is 4.90 Å². The van der Waals surface area contributed by atoms with E-state index in [0.29, 0.717) is 20.8 Å². The third-order valence-corrected chi connectivity index (χ3v) is 6.40. The van der Waals surface area contributed by atoms with Crippen molar-refractivity contribution in [3.63, 3.8) is 0 Å². The van der Waals surface area contributed by atoms with Crippen LogP contribution in [0.5, 0.6) is 0 Å². The van der Waals surface area contributed by atoms with Crippen LogP contribution in [0.15, 0.2) is 47.6 Å². The van der Waals surface area contributed by atoms with Crippen molar-refractivity contribution in [3.8, 4) is 0 Å². The molecule has 4 nitrogen and oxygen atoms in total. The molecule has 2 atom stereocenters. The standard InChI is InChI=1S/C22H22Cl3N3O/c1-14-20(22(29)27-11-3-2-4-12-27)26-28(19-10-9-17(24)13-18(19)25)21(14)15-5-7-16(23)8-6-15/h5-10,13-14,21H,2-4,11-12H2,1H3/t14-,21+/m0/s1. The van der Waals surface area contributed by atoms with Gasteiger partial charge < -0.3 is 4.90 Å². The van der Waals surface area contributed by atoms with Gasteiger partial charge in [-0.1, -0.05) is 53.9 Å². The molecule has 0 unspecified atom stereocenters. The number of benzene rings is 2. The highest BCUT2D eigenvalue weighted by Gasteiger charge is 2.41. The lowest BCUT2D eigenvalue weighted by molar-refractivity contribution is -0.125. The van der Waals surface area contributed by atoms with Gasteiger partial charge in [0.25, 0.3) is 5.91 Å². The quantitative estimate of drug-likeness (QED) is 0.557. The molecule has 1 saturated heterocycles. The molecule has 2 aromatic rings. The molecule has 2 aliphatic rings. The summed E-state index contributed by atoms with van der Waals surface area (Å²) in [5, 5.41) is 8.36. The van der Waals surface area contributed by atoms with Gasteiger partial charge in [0.1, 0.15) is 5.71 Å². The van der Waals surface area contributed by atoms with Gasteiger partial charge in [0.2, 0.25) is 0 Å². The topological polar surface area (TPSA) is 35.9 Å². The maximum atomic E-state index is 13.3. The monoisotopic (exact) mass is 449 g/mol. The van der Waals surface area contributed by atoms with Gasteiger partial charge in [-0.15, -0.1) is 0 Å². The van der Waals surface area contributed by atoms with Crippen LogP contribution in [0.3, 0.4) is 0 Å². The first-order valence-corrected chi connectivity index (χ1v) is 11.0. The molecular weight excluding hydrogens is 429 g/mol. The number of anilines is 1. The maximum Gasteiger partial charge on any atom is 0.270 e. The molecule has 0 aromatic heterocycles. The van der Waals surface area contributed by atoms with Crippen LogP contribution in [-0.2, 0) is 4.79 Å². The van der Waals surface area contributed by atoms with E-state index in [1.807, 2.05) is 47.2 Å². The summed E-state index contributed by atoms with van der Waals surface area (Å²) in [6.07, 6.45) is 3.26. The lowest BCUT2D eigenvalue weighted by Crippen LogP contribution is -2.41. The predicted octanol–water partition coefficient (Wildman–Crippen LogP) is 6.21. The summed E-state index contributed by atoms with van der Waals surface area (Å²) in [7, 11) is 0. The average molecular weight is 451 g/mol. The van der Waals surface area contributed by atoms with Gasteiger partial charge in [0.05, 0.1) is 16.8 Å². The van der Waals surface area contributed by atoms with Gasteiger partial charge in [0.15, 0.2) is 0 Å². The second-order valence-electron chi connectivity index (χ2n) is 7.56. The molecule has 152 valence electrons. The van der Waals surface area contributed by atoms with Crippen LogP contribution in [0, 0.1) is 5.92 Å². The molecule has 4 rings (SSSR count). The van der Waals surface area contributed by atoms with Crippen molar-refractivity contribution in [2.75, 3.05) is 18.1 Å². The first-order chi connectivity index (χ1) is 14.0. The average Bonchev–Trinajstić information content (AvgIpc) is 3.05. The molecule has 0 N–H and O–H groups in total. The van der Waals surface area contributed by atoms with Crippen molar-refractivity contribution in [3.05, 3.63) is 63.1 Å². The molecule has 7 heteroatoms. The summed E-state index contributed by atoms with van der Waals surface area (Å²) < 4.78 is 0. The van der Waals surface area contributed by atoms with Crippen LogP contribution in [0.25, 0.3) is 0 Å². The minimum atomic E-state index is -0.158. The Bertz CT molecular complexity index is 939. The predicted molar refractivity (Wildman–Crippen MR) is 120 cm³/mol. The summed E-state index contributed by atoms with van der Waals surface area (Å²) in [6, 6.07) is 12.8. The lowest BCUT2D eigenvalue weighted by Gasteiger charge is -2.29. The van der Waals surface area contributed by atoms with Crippen molar-refractivity contribution in [2.24, 2.45) is 11.0 Å². The Hall–Kier alpha value is -1.75. The zero-order valence-corrected chi connectivity index (χ0v) is 18.4. The second kappa shape index (κ2) is 8.55. The van der Waals surface area contributed by atoms with E-state index in [0.717, 1.165) is 37.2 Å². The van der Waals surface area contributed by atoms with Crippen LogP contribution in [-0.4, -0.2) is 29.6 Å². The SMILES string of the molecule is C[C@H]1C(C(=O)N2CCCCC2)=NN(c2ccc(Cl)cc2Cl)[C@H]1c1ccc(Cl)cc1. The third-order valence-electron chi connectivity index (χ3n) is 5.61. The Morgan fingerprint density at radius 3 is 2.28 bits per heavy atom. The van der Waals surface area contributed by atoms with Crippen LogP contribution in [0.1, 0.15) is 37.8 Å². The van der Waals surface area contributed by atoms with Crippen LogP contribution < -0.4 is 5.01 Å². The van der Waals surface area contributed by atoms with E-state index in [1.165, 1.54) is 6.42 Å². The largest absolute Gasteiger partial charge is 0.338 e. The van der Waals surface area contributed by atoms with Gasteiger partial charge in [-0.05, 0) is 55.2 Å². The first kappa shape index (κ1) is 20.5. The number of nitrogens with zero attached hydrogens (tertiary/aromatic N) is 3.